The van der Waals surface area contributed by atoms with Gasteiger partial charge in [-0.15, -0.1) is 0 Å². The number of carbonyl (C=O) groups is 1. The zero-order valence-electron chi connectivity index (χ0n) is 15.6. The number of hydrogen-bond donors (Lipinski definition) is 1. The van der Waals surface area contributed by atoms with Crippen molar-refractivity contribution >= 4 is 16.8 Å². The maximum atomic E-state index is 12.7. The van der Waals surface area contributed by atoms with Crippen molar-refractivity contribution in [3.63, 3.8) is 0 Å². The van der Waals surface area contributed by atoms with E-state index in [1.807, 2.05) is 6.07 Å². The van der Waals surface area contributed by atoms with E-state index in [1.165, 1.54) is 17.0 Å². The lowest BCUT2D eigenvalue weighted by molar-refractivity contribution is 0.0592. The summed E-state index contributed by atoms with van der Waals surface area (Å²) in [6.07, 6.45) is 1.60. The van der Waals surface area contributed by atoms with E-state index in [9.17, 15) is 18.4 Å². The van der Waals surface area contributed by atoms with Crippen molar-refractivity contribution in [1.82, 2.24) is 19.4 Å². The van der Waals surface area contributed by atoms with Gasteiger partial charge in [-0.25, -0.2) is 13.8 Å². The predicted molar refractivity (Wildman–Crippen MR) is 102 cm³/mol. The number of hydrogen-bond acceptors (Lipinski definition) is 4. The third-order valence-electron chi connectivity index (χ3n) is 5.03. The molecule has 0 unspecified atom stereocenters. The smallest absolute Gasteiger partial charge is 0.272 e. The third kappa shape index (κ3) is 4.13. The fourth-order valence-electron chi connectivity index (χ4n) is 3.61. The number of aromatic nitrogens is 3. The van der Waals surface area contributed by atoms with Crippen molar-refractivity contribution < 1.29 is 18.3 Å². The largest absolute Gasteiger partial charge is 0.490 e. The lowest BCUT2D eigenvalue weighted by Crippen LogP contribution is -2.42. The SMILES string of the molecule is O=C(c1cc(=O)[nH]cn1)N1CCC(Oc2cccc3c2ccn3CC(F)F)CC1. The van der Waals surface area contributed by atoms with E-state index in [1.54, 1.807) is 29.3 Å². The van der Waals surface area contributed by atoms with Gasteiger partial charge in [0.2, 0.25) is 0 Å². The summed E-state index contributed by atoms with van der Waals surface area (Å²) in [7, 11) is 0. The fourth-order valence-corrected chi connectivity index (χ4v) is 3.61. The lowest BCUT2D eigenvalue weighted by atomic mass is 10.1. The highest BCUT2D eigenvalue weighted by atomic mass is 19.3. The molecule has 1 saturated heterocycles. The molecule has 1 N–H and O–H groups in total. The summed E-state index contributed by atoms with van der Waals surface area (Å²) in [5.41, 5.74) is 0.461. The van der Waals surface area contributed by atoms with E-state index in [0.29, 0.717) is 37.2 Å². The van der Waals surface area contributed by atoms with Crippen LogP contribution in [-0.4, -0.2) is 51.0 Å². The van der Waals surface area contributed by atoms with Crippen molar-refractivity contribution in [2.45, 2.75) is 31.9 Å². The zero-order valence-corrected chi connectivity index (χ0v) is 15.6. The summed E-state index contributed by atoms with van der Waals surface area (Å²) >= 11 is 0. The van der Waals surface area contributed by atoms with Gasteiger partial charge in [-0.2, -0.15) is 0 Å². The van der Waals surface area contributed by atoms with E-state index in [-0.39, 0.29) is 29.8 Å². The first-order chi connectivity index (χ1) is 14.0. The summed E-state index contributed by atoms with van der Waals surface area (Å²) in [5.74, 6) is 0.372. The number of rotatable bonds is 5. The van der Waals surface area contributed by atoms with Gasteiger partial charge in [0.05, 0.1) is 18.4 Å². The first kappa shape index (κ1) is 19.1. The minimum absolute atomic E-state index is 0.0877. The minimum Gasteiger partial charge on any atom is -0.490 e. The van der Waals surface area contributed by atoms with Crippen LogP contribution in [0, 0.1) is 0 Å². The topological polar surface area (TPSA) is 80.2 Å². The maximum absolute atomic E-state index is 12.7. The van der Waals surface area contributed by atoms with Crippen molar-refractivity contribution in [3.8, 4) is 5.75 Å². The van der Waals surface area contributed by atoms with Crippen molar-refractivity contribution in [3.05, 3.63) is 58.9 Å². The monoisotopic (exact) mass is 402 g/mol. The molecule has 0 aliphatic carbocycles. The molecule has 7 nitrogen and oxygen atoms in total. The molecule has 3 heterocycles. The molecule has 4 rings (SSSR count). The second-order valence-electron chi connectivity index (χ2n) is 6.95. The Bertz CT molecular complexity index is 1070. The summed E-state index contributed by atoms with van der Waals surface area (Å²) in [5, 5.41) is 0.791. The number of nitrogens with zero attached hydrogens (tertiary/aromatic N) is 3. The molecule has 9 heteroatoms. The molecule has 0 spiro atoms. The number of likely N-dealkylation sites (tertiary alicyclic amines) is 1. The van der Waals surface area contributed by atoms with Crippen LogP contribution < -0.4 is 10.3 Å². The van der Waals surface area contributed by atoms with E-state index in [4.69, 9.17) is 4.74 Å². The quantitative estimate of drug-likeness (QED) is 0.712. The maximum Gasteiger partial charge on any atom is 0.272 e. The van der Waals surface area contributed by atoms with Gasteiger partial charge in [-0.3, -0.25) is 9.59 Å². The van der Waals surface area contributed by atoms with Crippen molar-refractivity contribution in [2.75, 3.05) is 13.1 Å². The van der Waals surface area contributed by atoms with E-state index in [2.05, 4.69) is 9.97 Å². The number of amides is 1. The van der Waals surface area contributed by atoms with Crippen LogP contribution in [-0.2, 0) is 6.54 Å². The van der Waals surface area contributed by atoms with Crippen LogP contribution in [0.1, 0.15) is 23.3 Å². The lowest BCUT2D eigenvalue weighted by Gasteiger charge is -2.32. The van der Waals surface area contributed by atoms with Gasteiger partial charge in [0.1, 0.15) is 17.5 Å². The Morgan fingerprint density at radius 3 is 2.79 bits per heavy atom. The molecular weight excluding hydrogens is 382 g/mol. The Morgan fingerprint density at radius 2 is 2.07 bits per heavy atom. The summed E-state index contributed by atoms with van der Waals surface area (Å²) in [6, 6.07) is 8.38. The number of aromatic amines is 1. The second-order valence-corrected chi connectivity index (χ2v) is 6.95. The highest BCUT2D eigenvalue weighted by Gasteiger charge is 2.26. The normalized spacial score (nSPS) is 15.2. The summed E-state index contributed by atoms with van der Waals surface area (Å²) < 4.78 is 33.1. The number of halogens is 2. The Morgan fingerprint density at radius 1 is 1.28 bits per heavy atom. The van der Waals surface area contributed by atoms with Gasteiger partial charge in [-0.1, -0.05) is 6.07 Å². The molecule has 0 atom stereocenters. The van der Waals surface area contributed by atoms with Gasteiger partial charge in [0, 0.05) is 43.6 Å². The van der Waals surface area contributed by atoms with Gasteiger partial charge in [0.25, 0.3) is 17.9 Å². The van der Waals surface area contributed by atoms with Crippen LogP contribution in [0.5, 0.6) is 5.75 Å². The number of nitrogens with one attached hydrogen (secondary N) is 1. The average Bonchev–Trinajstić information content (AvgIpc) is 3.11. The van der Waals surface area contributed by atoms with E-state index >= 15 is 0 Å². The van der Waals surface area contributed by atoms with Gasteiger partial charge in [0.15, 0.2) is 0 Å². The Balaban J connectivity index is 1.42. The van der Waals surface area contributed by atoms with Crippen molar-refractivity contribution in [2.24, 2.45) is 0 Å². The highest BCUT2D eigenvalue weighted by molar-refractivity contribution is 5.92. The first-order valence-corrected chi connectivity index (χ1v) is 9.38. The van der Waals surface area contributed by atoms with Crippen molar-refractivity contribution in [1.29, 1.82) is 0 Å². The van der Waals surface area contributed by atoms with E-state index in [0.717, 1.165) is 5.39 Å². The molecule has 29 heavy (non-hydrogen) atoms. The van der Waals surface area contributed by atoms with Crippen LogP contribution >= 0.6 is 0 Å². The number of ether oxygens (including phenoxy) is 1. The minimum atomic E-state index is -2.42. The molecule has 1 aromatic carbocycles. The van der Waals surface area contributed by atoms with Crippen LogP contribution in [0.15, 0.2) is 47.7 Å². The van der Waals surface area contributed by atoms with Gasteiger partial charge in [-0.05, 0) is 18.2 Å². The molecule has 2 aromatic heterocycles. The summed E-state index contributed by atoms with van der Waals surface area (Å²) in [6.45, 7) is 0.616. The Kier molecular flexibility index (Phi) is 5.28. The molecule has 1 aliphatic heterocycles. The molecule has 0 radical (unpaired) electrons. The standard InChI is InChI=1S/C20H20F2N4O3/c21-18(22)11-26-9-6-14-16(26)2-1-3-17(14)29-13-4-7-25(8-5-13)20(28)15-10-19(27)24-12-23-15/h1-3,6,9-10,12-13,18H,4-5,7-8,11H2,(H,23,24,27). The van der Waals surface area contributed by atoms with Gasteiger partial charge < -0.3 is 19.2 Å². The highest BCUT2D eigenvalue weighted by Crippen LogP contribution is 2.29. The van der Waals surface area contributed by atoms with Crippen LogP contribution in [0.4, 0.5) is 8.78 Å². The zero-order chi connectivity index (χ0) is 20.4. The molecule has 0 saturated carbocycles. The Labute approximate surface area is 164 Å². The number of carbonyl (C=O) groups excluding carboxylic acids is 1. The number of piperidine rings is 1. The van der Waals surface area contributed by atoms with Gasteiger partial charge >= 0.3 is 0 Å². The summed E-state index contributed by atoms with van der Waals surface area (Å²) in [4.78, 5) is 31.8. The number of fused-ring (bicyclic) bond motifs is 1. The molecule has 1 fully saturated rings. The third-order valence-corrected chi connectivity index (χ3v) is 5.03. The number of benzene rings is 1. The molecule has 0 bridgehead atoms. The molecule has 1 amide bonds. The van der Waals surface area contributed by atoms with Crippen LogP contribution in [0.25, 0.3) is 10.9 Å². The second kappa shape index (κ2) is 8.02. The molecular formula is C20H20F2N4O3. The fraction of sp³-hybridized carbons (Fsp3) is 0.350. The van der Waals surface area contributed by atoms with Crippen LogP contribution in [0.3, 0.4) is 0 Å². The Hall–Kier alpha value is -3.23. The van der Waals surface area contributed by atoms with E-state index < -0.39 is 6.43 Å². The molecule has 1 aliphatic rings. The molecule has 152 valence electrons. The molecule has 3 aromatic rings. The predicted octanol–water partition coefficient (Wildman–Crippen LogP) is 2.67. The van der Waals surface area contributed by atoms with Crippen LogP contribution in [0.2, 0.25) is 0 Å². The average molecular weight is 402 g/mol. The number of alkyl halides is 2. The first-order valence-electron chi connectivity index (χ1n) is 9.38. The number of H-pyrrole nitrogens is 1.